The standard InChI is InChI=1S/C20H28N4O2/c1-4-5-13-24(2)18-15-17(20(25)21-12-9-14-26-3)22-19(23-18)16-10-7-6-8-11-16/h6-8,10-11,15H,4-5,9,12-14H2,1-3H3,(H,21,25). The highest BCUT2D eigenvalue weighted by Crippen LogP contribution is 2.20. The van der Waals surface area contributed by atoms with Crippen molar-refractivity contribution in [3.63, 3.8) is 0 Å². The zero-order chi connectivity index (χ0) is 18.8. The lowest BCUT2D eigenvalue weighted by atomic mass is 10.2. The highest BCUT2D eigenvalue weighted by molar-refractivity contribution is 5.93. The summed E-state index contributed by atoms with van der Waals surface area (Å²) in [4.78, 5) is 23.7. The smallest absolute Gasteiger partial charge is 0.270 e. The molecule has 6 nitrogen and oxygen atoms in total. The fourth-order valence-corrected chi connectivity index (χ4v) is 2.48. The van der Waals surface area contributed by atoms with Crippen LogP contribution in [0, 0.1) is 0 Å². The predicted molar refractivity (Wildman–Crippen MR) is 104 cm³/mol. The molecular formula is C20H28N4O2. The third-order valence-electron chi connectivity index (χ3n) is 4.03. The van der Waals surface area contributed by atoms with Gasteiger partial charge in [0, 0.05) is 45.5 Å². The van der Waals surface area contributed by atoms with Crippen LogP contribution in [0.3, 0.4) is 0 Å². The highest BCUT2D eigenvalue weighted by Gasteiger charge is 2.14. The van der Waals surface area contributed by atoms with E-state index in [1.165, 1.54) is 0 Å². The van der Waals surface area contributed by atoms with Gasteiger partial charge in [0.25, 0.3) is 5.91 Å². The Labute approximate surface area is 155 Å². The van der Waals surface area contributed by atoms with E-state index in [-0.39, 0.29) is 5.91 Å². The summed E-state index contributed by atoms with van der Waals surface area (Å²) in [6.45, 7) is 4.21. The van der Waals surface area contributed by atoms with Crippen LogP contribution < -0.4 is 10.2 Å². The lowest BCUT2D eigenvalue weighted by Gasteiger charge is -2.19. The van der Waals surface area contributed by atoms with E-state index in [4.69, 9.17) is 4.74 Å². The zero-order valence-corrected chi connectivity index (χ0v) is 15.9. The normalized spacial score (nSPS) is 10.6. The molecule has 26 heavy (non-hydrogen) atoms. The molecule has 0 bridgehead atoms. The maximum absolute atomic E-state index is 12.5. The minimum atomic E-state index is -0.189. The molecule has 0 atom stereocenters. The summed E-state index contributed by atoms with van der Waals surface area (Å²) in [6.07, 6.45) is 2.94. The summed E-state index contributed by atoms with van der Waals surface area (Å²) in [5.41, 5.74) is 1.28. The highest BCUT2D eigenvalue weighted by atomic mass is 16.5. The van der Waals surface area contributed by atoms with Crippen LogP contribution in [0.4, 0.5) is 5.82 Å². The van der Waals surface area contributed by atoms with E-state index in [2.05, 4.69) is 27.1 Å². The minimum absolute atomic E-state index is 0.189. The number of unbranched alkanes of at least 4 members (excludes halogenated alkanes) is 1. The fraction of sp³-hybridized carbons (Fsp3) is 0.450. The molecule has 0 fully saturated rings. The lowest BCUT2D eigenvalue weighted by Crippen LogP contribution is -2.27. The van der Waals surface area contributed by atoms with Crippen LogP contribution in [0.15, 0.2) is 36.4 Å². The van der Waals surface area contributed by atoms with Crippen LogP contribution in [0.5, 0.6) is 0 Å². The van der Waals surface area contributed by atoms with Crippen LogP contribution in [0.1, 0.15) is 36.7 Å². The lowest BCUT2D eigenvalue weighted by molar-refractivity contribution is 0.0943. The average Bonchev–Trinajstić information content (AvgIpc) is 2.69. The summed E-state index contributed by atoms with van der Waals surface area (Å²) in [6, 6.07) is 11.5. The third kappa shape index (κ3) is 5.81. The number of nitrogens with one attached hydrogen (secondary N) is 1. The maximum atomic E-state index is 12.5. The largest absolute Gasteiger partial charge is 0.385 e. The van der Waals surface area contributed by atoms with Gasteiger partial charge in [0.15, 0.2) is 5.82 Å². The molecule has 1 aromatic carbocycles. The van der Waals surface area contributed by atoms with Gasteiger partial charge in [-0.1, -0.05) is 43.7 Å². The molecule has 0 radical (unpaired) electrons. The first-order valence-electron chi connectivity index (χ1n) is 9.08. The number of nitrogens with zero attached hydrogens (tertiary/aromatic N) is 3. The van der Waals surface area contributed by atoms with Crippen LogP contribution in [0.2, 0.25) is 0 Å². The van der Waals surface area contributed by atoms with Gasteiger partial charge in [0.1, 0.15) is 11.5 Å². The van der Waals surface area contributed by atoms with Crippen molar-refractivity contribution in [2.75, 3.05) is 38.8 Å². The second-order valence-electron chi connectivity index (χ2n) is 6.18. The van der Waals surface area contributed by atoms with Crippen LogP contribution in [-0.4, -0.2) is 49.7 Å². The number of carbonyl (C=O) groups excluding carboxylic acids is 1. The van der Waals surface area contributed by atoms with Gasteiger partial charge in [-0.25, -0.2) is 9.97 Å². The molecule has 1 aromatic heterocycles. The second-order valence-corrected chi connectivity index (χ2v) is 6.18. The summed E-state index contributed by atoms with van der Waals surface area (Å²) < 4.78 is 5.01. The molecule has 1 amide bonds. The number of amides is 1. The summed E-state index contributed by atoms with van der Waals surface area (Å²) in [5.74, 6) is 1.13. The molecule has 0 saturated carbocycles. The summed E-state index contributed by atoms with van der Waals surface area (Å²) in [7, 11) is 3.64. The first-order valence-corrected chi connectivity index (χ1v) is 9.08. The Bertz CT molecular complexity index is 691. The van der Waals surface area contributed by atoms with E-state index in [0.29, 0.717) is 24.7 Å². The quantitative estimate of drug-likeness (QED) is 0.663. The van der Waals surface area contributed by atoms with Crippen molar-refractivity contribution in [3.05, 3.63) is 42.1 Å². The van der Waals surface area contributed by atoms with Crippen molar-refractivity contribution in [3.8, 4) is 11.4 Å². The molecule has 0 unspecified atom stereocenters. The molecule has 1 N–H and O–H groups in total. The van der Waals surface area contributed by atoms with E-state index in [1.54, 1.807) is 13.2 Å². The number of hydrogen-bond acceptors (Lipinski definition) is 5. The Balaban J connectivity index is 2.26. The Morgan fingerprint density at radius 3 is 2.65 bits per heavy atom. The molecule has 0 aliphatic rings. The molecule has 0 aliphatic heterocycles. The van der Waals surface area contributed by atoms with Crippen LogP contribution in [-0.2, 0) is 4.74 Å². The summed E-state index contributed by atoms with van der Waals surface area (Å²) >= 11 is 0. The number of anilines is 1. The van der Waals surface area contributed by atoms with Crippen LogP contribution >= 0.6 is 0 Å². The van der Waals surface area contributed by atoms with Gasteiger partial charge in [0.05, 0.1) is 0 Å². The molecule has 6 heteroatoms. The van der Waals surface area contributed by atoms with Gasteiger partial charge in [-0.2, -0.15) is 0 Å². The van der Waals surface area contributed by atoms with Crippen LogP contribution in [0.25, 0.3) is 11.4 Å². The van der Waals surface area contributed by atoms with Crippen molar-refractivity contribution in [1.29, 1.82) is 0 Å². The van der Waals surface area contributed by atoms with Gasteiger partial charge in [-0.15, -0.1) is 0 Å². The number of rotatable bonds is 10. The molecule has 0 aliphatic carbocycles. The molecule has 0 saturated heterocycles. The van der Waals surface area contributed by atoms with Gasteiger partial charge in [-0.3, -0.25) is 4.79 Å². The van der Waals surface area contributed by atoms with Crippen molar-refractivity contribution in [2.24, 2.45) is 0 Å². The fourth-order valence-electron chi connectivity index (χ4n) is 2.48. The minimum Gasteiger partial charge on any atom is -0.385 e. The monoisotopic (exact) mass is 356 g/mol. The maximum Gasteiger partial charge on any atom is 0.270 e. The van der Waals surface area contributed by atoms with Gasteiger partial charge >= 0.3 is 0 Å². The number of ether oxygens (including phenoxy) is 1. The number of methoxy groups -OCH3 is 1. The number of carbonyl (C=O) groups is 1. The van der Waals surface area contributed by atoms with Gasteiger partial charge in [-0.05, 0) is 12.8 Å². The van der Waals surface area contributed by atoms with E-state index in [9.17, 15) is 4.79 Å². The molecule has 2 aromatic rings. The summed E-state index contributed by atoms with van der Waals surface area (Å²) in [5, 5.41) is 2.89. The predicted octanol–water partition coefficient (Wildman–Crippen LogP) is 3.15. The van der Waals surface area contributed by atoms with Crippen molar-refractivity contribution in [1.82, 2.24) is 15.3 Å². The molecule has 1 heterocycles. The Kier molecular flexibility index (Phi) is 8.02. The first-order chi connectivity index (χ1) is 12.7. The number of aromatic nitrogens is 2. The average molecular weight is 356 g/mol. The van der Waals surface area contributed by atoms with Crippen molar-refractivity contribution < 1.29 is 9.53 Å². The van der Waals surface area contributed by atoms with E-state index in [0.717, 1.165) is 37.2 Å². The van der Waals surface area contributed by atoms with Gasteiger partial charge < -0.3 is 15.0 Å². The first kappa shape index (κ1) is 19.8. The van der Waals surface area contributed by atoms with Crippen molar-refractivity contribution >= 4 is 11.7 Å². The number of benzene rings is 1. The molecule has 0 spiro atoms. The Hall–Kier alpha value is -2.47. The third-order valence-corrected chi connectivity index (χ3v) is 4.03. The second kappa shape index (κ2) is 10.5. The zero-order valence-electron chi connectivity index (χ0n) is 15.9. The van der Waals surface area contributed by atoms with E-state index in [1.807, 2.05) is 37.4 Å². The molecule has 140 valence electrons. The molecule has 2 rings (SSSR count). The topological polar surface area (TPSA) is 67.4 Å². The Morgan fingerprint density at radius 1 is 1.19 bits per heavy atom. The van der Waals surface area contributed by atoms with E-state index < -0.39 is 0 Å². The van der Waals surface area contributed by atoms with Crippen molar-refractivity contribution in [2.45, 2.75) is 26.2 Å². The van der Waals surface area contributed by atoms with E-state index >= 15 is 0 Å². The molecular weight excluding hydrogens is 328 g/mol. The number of hydrogen-bond donors (Lipinski definition) is 1. The Morgan fingerprint density at radius 2 is 1.96 bits per heavy atom. The SMILES string of the molecule is CCCCN(C)c1cc(C(=O)NCCCOC)nc(-c2ccccc2)n1. The van der Waals surface area contributed by atoms with Gasteiger partial charge in [0.2, 0.25) is 0 Å².